The minimum absolute atomic E-state index is 0.139. The molecule has 9 heterocycles. The number of aliphatic hydroxyl groups excluding tert-OH is 3. The molecule has 0 saturated carbocycles. The Bertz CT molecular complexity index is 2550. The Morgan fingerprint density at radius 3 is 1.34 bits per heavy atom. The van der Waals surface area contributed by atoms with Crippen molar-refractivity contribution in [2.24, 2.45) is 11.8 Å². The Labute approximate surface area is 404 Å². The number of morpholine rings is 2. The fraction of sp³-hybridized carbons (Fsp3) is 0.478. The SMILES string of the molecule is C[C@@H]1CN(c2cnc(C(F)(F)F)c3ncccc23)C[C@H](CO)O1.C[C@@H]1CN(c2cnc(C(F)(F)F)c3ncccc23)C[C@H](CO)O1.C[C@@H]1CNCC(CO)C1.FC(F)(F)c1ncc(Br)c2cccnc12. The average Bonchev–Trinajstić information content (AvgIpc) is 3.32. The van der Waals surface area contributed by atoms with E-state index in [1.165, 1.54) is 37.4 Å². The molecule has 0 aliphatic carbocycles. The number of nitrogens with zero attached hydrogens (tertiary/aromatic N) is 8. The first-order valence-electron chi connectivity index (χ1n) is 22.0. The smallest absolute Gasteiger partial charge is 0.396 e. The van der Waals surface area contributed by atoms with Crippen LogP contribution in [0.15, 0.2) is 78.1 Å². The van der Waals surface area contributed by atoms with E-state index in [0.717, 1.165) is 25.2 Å². The Morgan fingerprint density at radius 2 is 0.971 bits per heavy atom. The normalized spacial score (nSPS) is 22.1. The van der Waals surface area contributed by atoms with Crippen molar-refractivity contribution in [1.29, 1.82) is 0 Å². The van der Waals surface area contributed by atoms with Crippen LogP contribution in [-0.2, 0) is 28.0 Å². The van der Waals surface area contributed by atoms with Crippen LogP contribution in [0, 0.1) is 11.8 Å². The lowest BCUT2D eigenvalue weighted by molar-refractivity contribution is -0.140. The van der Waals surface area contributed by atoms with Crippen LogP contribution in [0.25, 0.3) is 32.7 Å². The highest BCUT2D eigenvalue weighted by Gasteiger charge is 2.39. The molecule has 0 radical (unpaired) electrons. The minimum Gasteiger partial charge on any atom is -0.396 e. The van der Waals surface area contributed by atoms with Crippen molar-refractivity contribution in [1.82, 2.24) is 35.2 Å². The first kappa shape index (κ1) is 54.2. The number of anilines is 2. The molecule has 6 atom stereocenters. The van der Waals surface area contributed by atoms with Crippen LogP contribution in [0.3, 0.4) is 0 Å². The lowest BCUT2D eigenvalue weighted by Gasteiger charge is -2.37. The van der Waals surface area contributed by atoms with Crippen molar-refractivity contribution in [3.63, 3.8) is 0 Å². The quantitative estimate of drug-likeness (QED) is 0.122. The topological polar surface area (TPSA) is 175 Å². The Kier molecular flexibility index (Phi) is 18.1. The number of nitrogens with one attached hydrogen (secondary N) is 1. The number of rotatable bonds is 5. The van der Waals surface area contributed by atoms with Gasteiger partial charge in [0.15, 0.2) is 17.1 Å². The molecule has 3 aliphatic rings. The third-order valence-corrected chi connectivity index (χ3v) is 11.9. The van der Waals surface area contributed by atoms with Crippen LogP contribution >= 0.6 is 15.9 Å². The van der Waals surface area contributed by atoms with Crippen LogP contribution in [0.2, 0.25) is 0 Å². The highest BCUT2D eigenvalue weighted by molar-refractivity contribution is 9.10. The van der Waals surface area contributed by atoms with Crippen LogP contribution < -0.4 is 15.1 Å². The summed E-state index contributed by atoms with van der Waals surface area (Å²) in [7, 11) is 0. The van der Waals surface area contributed by atoms with Gasteiger partial charge in [-0.3, -0.25) is 15.0 Å². The second-order valence-corrected chi connectivity index (χ2v) is 17.8. The molecule has 24 heteroatoms. The van der Waals surface area contributed by atoms with Gasteiger partial charge in [0.2, 0.25) is 0 Å². The lowest BCUT2D eigenvalue weighted by atomic mass is 9.93. The Hall–Kier alpha value is -5.11. The molecule has 3 fully saturated rings. The van der Waals surface area contributed by atoms with Gasteiger partial charge >= 0.3 is 18.5 Å². The van der Waals surface area contributed by atoms with Gasteiger partial charge in [-0.15, -0.1) is 0 Å². The average molecular weight is 1060 g/mol. The van der Waals surface area contributed by atoms with E-state index in [9.17, 15) is 49.7 Å². The van der Waals surface area contributed by atoms with Gasteiger partial charge in [-0.1, -0.05) is 13.0 Å². The van der Waals surface area contributed by atoms with Gasteiger partial charge in [0.25, 0.3) is 0 Å². The van der Waals surface area contributed by atoms with Crippen molar-refractivity contribution < 1.29 is 64.3 Å². The summed E-state index contributed by atoms with van der Waals surface area (Å²) in [5.41, 5.74) is -2.28. The molecule has 1 unspecified atom stereocenters. The summed E-state index contributed by atoms with van der Waals surface area (Å²) in [5.74, 6) is 1.25. The van der Waals surface area contributed by atoms with Gasteiger partial charge < -0.3 is 39.9 Å². The fourth-order valence-corrected chi connectivity index (χ4v) is 8.80. The van der Waals surface area contributed by atoms with Crippen molar-refractivity contribution in [3.8, 4) is 0 Å². The van der Waals surface area contributed by atoms with E-state index in [2.05, 4.69) is 58.1 Å². The third-order valence-electron chi connectivity index (χ3n) is 11.3. The van der Waals surface area contributed by atoms with Gasteiger partial charge in [-0.05, 0) is 84.9 Å². The number of hydrogen-bond acceptors (Lipinski definition) is 14. The summed E-state index contributed by atoms with van der Waals surface area (Å²) in [5, 5.41) is 31.8. The van der Waals surface area contributed by atoms with Crippen molar-refractivity contribution >= 4 is 60.0 Å². The van der Waals surface area contributed by atoms with Gasteiger partial charge in [-0.2, -0.15) is 39.5 Å². The van der Waals surface area contributed by atoms with E-state index in [-0.39, 0.29) is 54.2 Å². The second kappa shape index (κ2) is 23.4. The number of piperidine rings is 1. The summed E-state index contributed by atoms with van der Waals surface area (Å²) in [6.07, 6.45) is -5.93. The predicted molar refractivity (Wildman–Crippen MR) is 246 cm³/mol. The molecule has 0 amide bonds. The highest BCUT2D eigenvalue weighted by Crippen LogP contribution is 2.39. The van der Waals surface area contributed by atoms with E-state index < -0.39 is 35.6 Å². The molecule has 4 N–H and O–H groups in total. The molecule has 70 heavy (non-hydrogen) atoms. The molecule has 14 nitrogen and oxygen atoms in total. The fourth-order valence-electron chi connectivity index (χ4n) is 8.37. The summed E-state index contributed by atoms with van der Waals surface area (Å²) < 4.78 is 128. The molecule has 6 aromatic heterocycles. The largest absolute Gasteiger partial charge is 0.435 e. The molecule has 0 spiro atoms. The van der Waals surface area contributed by atoms with E-state index in [1.807, 2.05) is 23.6 Å². The van der Waals surface area contributed by atoms with Gasteiger partial charge in [-0.25, -0.2) is 15.0 Å². The number of aromatic nitrogens is 6. The van der Waals surface area contributed by atoms with E-state index in [0.29, 0.717) is 70.7 Å². The Balaban J connectivity index is 0.000000161. The standard InChI is InChI=1S/2C15H16F3N3O2.C9H4BrF3N2.C7H15NO/c2*1-9-6-21(7-10(8-22)23-9)12-5-20-14(15(16,17)18)13-11(12)3-2-4-19-13;10-6-4-15-8(9(11,12)13)7-5(6)2-1-3-14-7;1-6-2-7(5-9)4-8-3-6/h2*2-5,9-10,22H,6-8H2,1H3;1-4H;6-9H,2-5H2,1H3/t2*9-,10-;;6-,7?/m11.0/s1. The zero-order valence-corrected chi connectivity index (χ0v) is 39.6. The van der Waals surface area contributed by atoms with Crippen LogP contribution in [-0.4, -0.2) is 129 Å². The molecule has 0 aromatic carbocycles. The summed E-state index contributed by atoms with van der Waals surface area (Å²) in [6.45, 7) is 9.88. The number of fused-ring (bicyclic) bond motifs is 3. The van der Waals surface area contributed by atoms with Crippen molar-refractivity contribution in [2.45, 2.75) is 70.1 Å². The zero-order valence-electron chi connectivity index (χ0n) is 38.0. The van der Waals surface area contributed by atoms with Crippen molar-refractivity contribution in [2.75, 3.05) is 68.9 Å². The van der Waals surface area contributed by atoms with E-state index in [4.69, 9.17) is 14.6 Å². The molecule has 6 aromatic rings. The molecule has 0 bridgehead atoms. The van der Waals surface area contributed by atoms with Gasteiger partial charge in [0.05, 0.1) is 61.4 Å². The minimum atomic E-state index is -4.56. The molecular weight excluding hydrogens is 1010 g/mol. The van der Waals surface area contributed by atoms with Crippen LogP contribution in [0.4, 0.5) is 50.9 Å². The molecular formula is C46H51BrF9N9O5. The first-order chi connectivity index (χ1) is 33.1. The van der Waals surface area contributed by atoms with Crippen LogP contribution in [0.1, 0.15) is 44.3 Å². The Morgan fingerprint density at radius 1 is 0.571 bits per heavy atom. The maximum absolute atomic E-state index is 13.1. The summed E-state index contributed by atoms with van der Waals surface area (Å²) >= 11 is 3.13. The number of aliphatic hydroxyl groups is 3. The molecule has 9 rings (SSSR count). The number of pyridine rings is 6. The highest BCUT2D eigenvalue weighted by atomic mass is 79.9. The van der Waals surface area contributed by atoms with Crippen molar-refractivity contribution in [3.05, 3.63) is 95.1 Å². The van der Waals surface area contributed by atoms with E-state index >= 15 is 0 Å². The lowest BCUT2D eigenvalue weighted by Crippen LogP contribution is -2.48. The van der Waals surface area contributed by atoms with Gasteiger partial charge in [0, 0.05) is 84.7 Å². The molecule has 3 aliphatic heterocycles. The monoisotopic (exact) mass is 1060 g/mol. The molecule has 380 valence electrons. The zero-order chi connectivity index (χ0) is 51.0. The maximum Gasteiger partial charge on any atom is 0.435 e. The number of hydrogen-bond donors (Lipinski definition) is 4. The maximum atomic E-state index is 13.1. The van der Waals surface area contributed by atoms with Gasteiger partial charge in [0.1, 0.15) is 16.6 Å². The number of alkyl halides is 9. The van der Waals surface area contributed by atoms with E-state index in [1.54, 1.807) is 36.4 Å². The number of halogens is 10. The van der Waals surface area contributed by atoms with Crippen LogP contribution in [0.5, 0.6) is 0 Å². The predicted octanol–water partition coefficient (Wildman–Crippen LogP) is 8.10. The summed E-state index contributed by atoms with van der Waals surface area (Å²) in [6, 6.07) is 9.53. The first-order valence-corrected chi connectivity index (χ1v) is 22.8. The molecule has 3 saturated heterocycles. The number of ether oxygens (including phenoxy) is 2. The second-order valence-electron chi connectivity index (χ2n) is 17.0. The third kappa shape index (κ3) is 13.6. The summed E-state index contributed by atoms with van der Waals surface area (Å²) in [4.78, 5) is 25.7.